The van der Waals surface area contributed by atoms with Crippen LogP contribution < -0.4 is 14.2 Å². The highest BCUT2D eigenvalue weighted by molar-refractivity contribution is 9.09. The SMILES string of the molecule is COc1ccc(OC(=O)c2ccc(OC(=O)CCCCCCBr)cc2)cc1. The quantitative estimate of drug-likeness (QED) is 0.223. The zero-order chi connectivity index (χ0) is 19.5. The minimum atomic E-state index is -0.482. The first kappa shape index (κ1) is 21.0. The Morgan fingerprint density at radius 2 is 1.33 bits per heavy atom. The van der Waals surface area contributed by atoms with Gasteiger partial charge in [0.15, 0.2) is 0 Å². The van der Waals surface area contributed by atoms with Gasteiger partial charge in [0.25, 0.3) is 0 Å². The van der Waals surface area contributed by atoms with Gasteiger partial charge in [-0.1, -0.05) is 28.8 Å². The Morgan fingerprint density at radius 3 is 1.96 bits per heavy atom. The molecule has 0 spiro atoms. The largest absolute Gasteiger partial charge is 0.497 e. The molecule has 2 aromatic carbocycles. The van der Waals surface area contributed by atoms with E-state index in [0.717, 1.165) is 31.0 Å². The number of hydrogen-bond donors (Lipinski definition) is 0. The maximum absolute atomic E-state index is 12.2. The van der Waals surface area contributed by atoms with Gasteiger partial charge in [-0.05, 0) is 61.4 Å². The first-order valence-electron chi connectivity index (χ1n) is 8.85. The number of ether oxygens (including phenoxy) is 3. The lowest BCUT2D eigenvalue weighted by molar-refractivity contribution is -0.134. The van der Waals surface area contributed by atoms with Crippen LogP contribution in [0, 0.1) is 0 Å². The van der Waals surface area contributed by atoms with Crippen molar-refractivity contribution in [3.63, 3.8) is 0 Å². The van der Waals surface area contributed by atoms with E-state index in [1.807, 2.05) is 0 Å². The molecule has 0 atom stereocenters. The van der Waals surface area contributed by atoms with E-state index in [0.29, 0.717) is 29.2 Å². The van der Waals surface area contributed by atoms with Crippen LogP contribution in [0.4, 0.5) is 0 Å². The van der Waals surface area contributed by atoms with Crippen molar-refractivity contribution >= 4 is 27.9 Å². The number of unbranched alkanes of at least 4 members (excludes halogenated alkanes) is 3. The molecule has 0 aromatic heterocycles. The molecule has 0 amide bonds. The Hall–Kier alpha value is -2.34. The van der Waals surface area contributed by atoms with Crippen molar-refractivity contribution in [2.24, 2.45) is 0 Å². The molecule has 144 valence electrons. The number of carbonyl (C=O) groups is 2. The van der Waals surface area contributed by atoms with Crippen LogP contribution in [0.3, 0.4) is 0 Å². The summed E-state index contributed by atoms with van der Waals surface area (Å²) in [5.41, 5.74) is 0.375. The van der Waals surface area contributed by atoms with Crippen LogP contribution >= 0.6 is 15.9 Å². The topological polar surface area (TPSA) is 61.8 Å². The van der Waals surface area contributed by atoms with E-state index in [4.69, 9.17) is 14.2 Å². The monoisotopic (exact) mass is 434 g/mol. The zero-order valence-electron chi connectivity index (χ0n) is 15.3. The minimum absolute atomic E-state index is 0.262. The lowest BCUT2D eigenvalue weighted by atomic mass is 10.1. The third kappa shape index (κ3) is 7.43. The molecule has 2 rings (SSSR count). The first-order valence-corrected chi connectivity index (χ1v) is 9.97. The summed E-state index contributed by atoms with van der Waals surface area (Å²) in [5, 5.41) is 0.991. The van der Waals surface area contributed by atoms with E-state index in [-0.39, 0.29) is 5.97 Å². The predicted molar refractivity (Wildman–Crippen MR) is 107 cm³/mol. The van der Waals surface area contributed by atoms with Crippen molar-refractivity contribution in [1.29, 1.82) is 0 Å². The number of methoxy groups -OCH3 is 1. The van der Waals surface area contributed by atoms with Gasteiger partial charge in [0.05, 0.1) is 12.7 Å². The van der Waals surface area contributed by atoms with Crippen LogP contribution in [0.2, 0.25) is 0 Å². The van der Waals surface area contributed by atoms with Gasteiger partial charge >= 0.3 is 11.9 Å². The Balaban J connectivity index is 1.81. The van der Waals surface area contributed by atoms with Gasteiger partial charge in [0, 0.05) is 11.8 Å². The average molecular weight is 435 g/mol. The fraction of sp³-hybridized carbons (Fsp3) is 0.333. The van der Waals surface area contributed by atoms with Gasteiger partial charge in [-0.15, -0.1) is 0 Å². The average Bonchev–Trinajstić information content (AvgIpc) is 2.69. The van der Waals surface area contributed by atoms with Crippen LogP contribution in [0.15, 0.2) is 48.5 Å². The van der Waals surface area contributed by atoms with Crippen molar-refractivity contribution in [3.8, 4) is 17.2 Å². The highest BCUT2D eigenvalue weighted by Gasteiger charge is 2.10. The van der Waals surface area contributed by atoms with E-state index in [2.05, 4.69) is 15.9 Å². The van der Waals surface area contributed by atoms with Gasteiger partial charge in [0.2, 0.25) is 0 Å². The molecule has 0 N–H and O–H groups in total. The molecule has 0 aliphatic heterocycles. The summed E-state index contributed by atoms with van der Waals surface area (Å²) in [5.74, 6) is 0.786. The second-order valence-electron chi connectivity index (χ2n) is 5.92. The number of benzene rings is 2. The summed E-state index contributed by atoms with van der Waals surface area (Å²) in [4.78, 5) is 24.0. The molecule has 0 saturated carbocycles. The van der Waals surface area contributed by atoms with Crippen molar-refractivity contribution in [3.05, 3.63) is 54.1 Å². The van der Waals surface area contributed by atoms with Crippen molar-refractivity contribution in [1.82, 2.24) is 0 Å². The molecule has 2 aromatic rings. The lowest BCUT2D eigenvalue weighted by Gasteiger charge is -2.07. The molecular weight excluding hydrogens is 412 g/mol. The third-order valence-corrected chi connectivity index (χ3v) is 4.42. The standard InChI is InChI=1S/C21H23BrO5/c1-25-17-11-13-19(14-12-17)27-21(24)16-7-9-18(10-8-16)26-20(23)6-4-2-3-5-15-22/h7-14H,2-6,15H2,1H3. The van der Waals surface area contributed by atoms with Gasteiger partial charge in [-0.2, -0.15) is 0 Å². The molecular formula is C21H23BrO5. The fourth-order valence-electron chi connectivity index (χ4n) is 2.37. The number of rotatable bonds is 10. The van der Waals surface area contributed by atoms with Gasteiger partial charge in [0.1, 0.15) is 17.2 Å². The molecule has 6 heteroatoms. The fourth-order valence-corrected chi connectivity index (χ4v) is 2.77. The Morgan fingerprint density at radius 1 is 0.778 bits per heavy atom. The molecule has 0 radical (unpaired) electrons. The normalized spacial score (nSPS) is 10.3. The second-order valence-corrected chi connectivity index (χ2v) is 6.71. The minimum Gasteiger partial charge on any atom is -0.497 e. The highest BCUT2D eigenvalue weighted by atomic mass is 79.9. The number of alkyl halides is 1. The van der Waals surface area contributed by atoms with E-state index < -0.39 is 5.97 Å². The van der Waals surface area contributed by atoms with Gasteiger partial charge < -0.3 is 14.2 Å². The van der Waals surface area contributed by atoms with Crippen LogP contribution in [-0.2, 0) is 4.79 Å². The van der Waals surface area contributed by atoms with Crippen LogP contribution in [0.5, 0.6) is 17.2 Å². The molecule has 0 unspecified atom stereocenters. The molecule has 0 aliphatic rings. The summed E-state index contributed by atoms with van der Waals surface area (Å²) >= 11 is 3.39. The van der Waals surface area contributed by atoms with Crippen LogP contribution in [0.1, 0.15) is 42.5 Å². The molecule has 5 nitrogen and oxygen atoms in total. The number of esters is 2. The van der Waals surface area contributed by atoms with Crippen molar-refractivity contribution < 1.29 is 23.8 Å². The summed E-state index contributed by atoms with van der Waals surface area (Å²) < 4.78 is 15.6. The predicted octanol–water partition coefficient (Wildman–Crippen LogP) is 5.17. The highest BCUT2D eigenvalue weighted by Crippen LogP contribution is 2.19. The summed E-state index contributed by atoms with van der Waals surface area (Å²) in [7, 11) is 1.57. The molecule has 0 heterocycles. The summed E-state index contributed by atoms with van der Waals surface area (Å²) in [6, 6.07) is 13.1. The molecule has 0 fully saturated rings. The molecule has 0 saturated heterocycles. The maximum atomic E-state index is 12.2. The van der Waals surface area contributed by atoms with Gasteiger partial charge in [-0.3, -0.25) is 4.79 Å². The van der Waals surface area contributed by atoms with Crippen LogP contribution in [-0.4, -0.2) is 24.4 Å². The number of carbonyl (C=O) groups excluding carboxylic acids is 2. The Bertz CT molecular complexity index is 725. The lowest BCUT2D eigenvalue weighted by Crippen LogP contribution is -2.10. The second kappa shape index (κ2) is 11.4. The number of halogens is 1. The smallest absolute Gasteiger partial charge is 0.343 e. The van der Waals surface area contributed by atoms with E-state index in [1.54, 1.807) is 55.6 Å². The van der Waals surface area contributed by atoms with E-state index in [1.165, 1.54) is 0 Å². The van der Waals surface area contributed by atoms with E-state index in [9.17, 15) is 9.59 Å². The number of hydrogen-bond acceptors (Lipinski definition) is 5. The molecule has 0 aliphatic carbocycles. The van der Waals surface area contributed by atoms with Crippen LogP contribution in [0.25, 0.3) is 0 Å². The molecule has 27 heavy (non-hydrogen) atoms. The Labute approximate surface area is 167 Å². The van der Waals surface area contributed by atoms with Gasteiger partial charge in [-0.25, -0.2) is 4.79 Å². The summed E-state index contributed by atoms with van der Waals surface area (Å²) in [6.07, 6.45) is 4.44. The maximum Gasteiger partial charge on any atom is 0.343 e. The zero-order valence-corrected chi connectivity index (χ0v) is 16.9. The summed E-state index contributed by atoms with van der Waals surface area (Å²) in [6.45, 7) is 0. The van der Waals surface area contributed by atoms with Crippen molar-refractivity contribution in [2.75, 3.05) is 12.4 Å². The Kier molecular flexibility index (Phi) is 8.84. The first-order chi connectivity index (χ1) is 13.1. The third-order valence-electron chi connectivity index (χ3n) is 3.86. The van der Waals surface area contributed by atoms with Crippen molar-refractivity contribution in [2.45, 2.75) is 32.1 Å². The van der Waals surface area contributed by atoms with E-state index >= 15 is 0 Å². The molecule has 0 bridgehead atoms.